The number of allylic oxidation sites excluding steroid dienone is 3. The molecule has 0 heterocycles. The van der Waals surface area contributed by atoms with E-state index >= 15 is 0 Å². The molecule has 0 amide bonds. The van der Waals surface area contributed by atoms with Gasteiger partial charge in [0, 0.05) is 0 Å². The zero-order chi connectivity index (χ0) is 12.2. The molecule has 1 saturated carbocycles. The molecule has 16 heavy (non-hydrogen) atoms. The maximum atomic E-state index is 4.27. The Morgan fingerprint density at radius 1 is 1.31 bits per heavy atom. The van der Waals surface area contributed by atoms with Crippen LogP contribution in [-0.4, -0.2) is 0 Å². The van der Waals surface area contributed by atoms with Crippen molar-refractivity contribution in [2.75, 3.05) is 0 Å². The average molecular weight is 220 g/mol. The SMILES string of the molecule is C=C(CCC/C(C)=C\CC)C1CC(C)(C)C1. The molecular formula is C16H28. The minimum absolute atomic E-state index is 0.589. The number of hydrogen-bond acceptors (Lipinski definition) is 0. The average Bonchev–Trinajstić information content (AvgIpc) is 2.14. The van der Waals surface area contributed by atoms with Crippen LogP contribution in [0.1, 0.15) is 66.2 Å². The lowest BCUT2D eigenvalue weighted by molar-refractivity contribution is 0.120. The zero-order valence-corrected chi connectivity index (χ0v) is 11.6. The van der Waals surface area contributed by atoms with Crippen LogP contribution in [0, 0.1) is 11.3 Å². The second-order valence-electron chi connectivity index (χ2n) is 6.24. The van der Waals surface area contributed by atoms with Gasteiger partial charge in [0.05, 0.1) is 0 Å². The summed E-state index contributed by atoms with van der Waals surface area (Å²) in [6, 6.07) is 0. The Hall–Kier alpha value is -0.520. The van der Waals surface area contributed by atoms with Gasteiger partial charge in [0.15, 0.2) is 0 Å². The third-order valence-corrected chi connectivity index (χ3v) is 3.80. The minimum atomic E-state index is 0.589. The van der Waals surface area contributed by atoms with Gasteiger partial charge in [-0.1, -0.05) is 44.6 Å². The Bertz CT molecular complexity index is 260. The maximum Gasteiger partial charge on any atom is -0.0196 e. The summed E-state index contributed by atoms with van der Waals surface area (Å²) in [5.41, 5.74) is 3.64. The standard InChI is InChI=1S/C16H28/c1-6-8-13(2)9-7-10-14(3)15-11-16(4,5)12-15/h8,15H,3,6-7,9-12H2,1-2,4-5H3/b13-8-. The molecule has 0 radical (unpaired) electrons. The Morgan fingerprint density at radius 2 is 1.94 bits per heavy atom. The van der Waals surface area contributed by atoms with Gasteiger partial charge in [-0.05, 0) is 56.8 Å². The van der Waals surface area contributed by atoms with Crippen molar-refractivity contribution in [1.29, 1.82) is 0 Å². The Morgan fingerprint density at radius 3 is 2.44 bits per heavy atom. The molecule has 0 spiro atoms. The molecule has 0 atom stereocenters. The van der Waals surface area contributed by atoms with E-state index in [4.69, 9.17) is 0 Å². The van der Waals surface area contributed by atoms with Crippen LogP contribution in [-0.2, 0) is 0 Å². The molecule has 0 aromatic carbocycles. The highest BCUT2D eigenvalue weighted by atomic mass is 14.4. The van der Waals surface area contributed by atoms with Crippen molar-refractivity contribution in [3.63, 3.8) is 0 Å². The van der Waals surface area contributed by atoms with Crippen molar-refractivity contribution in [2.45, 2.75) is 66.2 Å². The van der Waals surface area contributed by atoms with Crippen LogP contribution >= 0.6 is 0 Å². The van der Waals surface area contributed by atoms with Crippen molar-refractivity contribution < 1.29 is 0 Å². The Kier molecular flexibility index (Phi) is 4.83. The summed E-state index contributed by atoms with van der Waals surface area (Å²) < 4.78 is 0. The fraction of sp³-hybridized carbons (Fsp3) is 0.750. The summed E-state index contributed by atoms with van der Waals surface area (Å²) in [5, 5.41) is 0. The number of hydrogen-bond donors (Lipinski definition) is 0. The first-order chi connectivity index (χ1) is 7.44. The predicted octanol–water partition coefficient (Wildman–Crippen LogP) is 5.51. The van der Waals surface area contributed by atoms with E-state index in [1.165, 1.54) is 44.1 Å². The molecule has 92 valence electrons. The molecule has 1 aliphatic carbocycles. The van der Waals surface area contributed by atoms with Crippen LogP contribution in [0.2, 0.25) is 0 Å². The first-order valence-electron chi connectivity index (χ1n) is 6.78. The van der Waals surface area contributed by atoms with Gasteiger partial charge in [-0.25, -0.2) is 0 Å². The summed E-state index contributed by atoms with van der Waals surface area (Å²) in [4.78, 5) is 0. The van der Waals surface area contributed by atoms with Gasteiger partial charge in [-0.3, -0.25) is 0 Å². The normalized spacial score (nSPS) is 20.6. The number of rotatable bonds is 6. The summed E-state index contributed by atoms with van der Waals surface area (Å²) in [5.74, 6) is 0.825. The summed E-state index contributed by atoms with van der Waals surface area (Å²) in [6.07, 6.45) is 10.0. The van der Waals surface area contributed by atoms with Crippen LogP contribution < -0.4 is 0 Å². The molecule has 0 aliphatic heterocycles. The van der Waals surface area contributed by atoms with E-state index in [0.717, 1.165) is 5.92 Å². The lowest BCUT2D eigenvalue weighted by Crippen LogP contribution is -2.32. The first kappa shape index (κ1) is 13.5. The molecule has 0 aromatic heterocycles. The van der Waals surface area contributed by atoms with Gasteiger partial charge in [-0.2, -0.15) is 0 Å². The predicted molar refractivity (Wildman–Crippen MR) is 73.5 cm³/mol. The molecule has 0 heteroatoms. The van der Waals surface area contributed by atoms with Gasteiger partial charge in [0.2, 0.25) is 0 Å². The summed E-state index contributed by atoms with van der Waals surface area (Å²) >= 11 is 0. The molecule has 1 fully saturated rings. The molecule has 1 rings (SSSR count). The van der Waals surface area contributed by atoms with Crippen LogP contribution in [0.3, 0.4) is 0 Å². The Labute approximate surface area is 102 Å². The van der Waals surface area contributed by atoms with Gasteiger partial charge < -0.3 is 0 Å². The van der Waals surface area contributed by atoms with Crippen molar-refractivity contribution in [3.8, 4) is 0 Å². The van der Waals surface area contributed by atoms with Crippen LogP contribution in [0.25, 0.3) is 0 Å². The van der Waals surface area contributed by atoms with E-state index in [9.17, 15) is 0 Å². The van der Waals surface area contributed by atoms with Crippen LogP contribution in [0.5, 0.6) is 0 Å². The molecular weight excluding hydrogens is 192 g/mol. The topological polar surface area (TPSA) is 0 Å². The molecule has 0 N–H and O–H groups in total. The molecule has 0 bridgehead atoms. The van der Waals surface area contributed by atoms with Crippen molar-refractivity contribution in [2.24, 2.45) is 11.3 Å². The van der Waals surface area contributed by atoms with E-state index in [1.54, 1.807) is 5.57 Å². The molecule has 0 nitrogen and oxygen atoms in total. The highest BCUT2D eigenvalue weighted by Crippen LogP contribution is 2.48. The molecule has 0 aromatic rings. The van der Waals surface area contributed by atoms with Crippen LogP contribution in [0.4, 0.5) is 0 Å². The van der Waals surface area contributed by atoms with E-state index in [0.29, 0.717) is 5.41 Å². The van der Waals surface area contributed by atoms with Gasteiger partial charge in [-0.15, -0.1) is 0 Å². The lowest BCUT2D eigenvalue weighted by Gasteiger charge is -2.43. The Balaban J connectivity index is 2.15. The second kappa shape index (κ2) is 5.70. The zero-order valence-electron chi connectivity index (χ0n) is 11.6. The summed E-state index contributed by atoms with van der Waals surface area (Å²) in [6.45, 7) is 13.5. The van der Waals surface area contributed by atoms with Crippen LogP contribution in [0.15, 0.2) is 23.8 Å². The van der Waals surface area contributed by atoms with E-state index in [1.807, 2.05) is 0 Å². The smallest absolute Gasteiger partial charge is 0.0196 e. The maximum absolute atomic E-state index is 4.27. The largest absolute Gasteiger partial charge is 0.0996 e. The van der Waals surface area contributed by atoms with Crippen molar-refractivity contribution >= 4 is 0 Å². The fourth-order valence-corrected chi connectivity index (χ4v) is 2.81. The van der Waals surface area contributed by atoms with E-state index < -0.39 is 0 Å². The molecule has 0 unspecified atom stereocenters. The fourth-order valence-electron chi connectivity index (χ4n) is 2.81. The van der Waals surface area contributed by atoms with Gasteiger partial charge in [0.25, 0.3) is 0 Å². The molecule has 1 aliphatic rings. The van der Waals surface area contributed by atoms with Gasteiger partial charge in [0.1, 0.15) is 0 Å². The van der Waals surface area contributed by atoms with Crippen molar-refractivity contribution in [3.05, 3.63) is 23.8 Å². The van der Waals surface area contributed by atoms with E-state index in [2.05, 4.69) is 40.3 Å². The highest BCUT2D eigenvalue weighted by molar-refractivity contribution is 5.09. The van der Waals surface area contributed by atoms with Crippen molar-refractivity contribution in [1.82, 2.24) is 0 Å². The minimum Gasteiger partial charge on any atom is -0.0996 e. The quantitative estimate of drug-likeness (QED) is 0.518. The second-order valence-corrected chi connectivity index (χ2v) is 6.24. The van der Waals surface area contributed by atoms with E-state index in [-0.39, 0.29) is 0 Å². The third-order valence-electron chi connectivity index (χ3n) is 3.80. The van der Waals surface area contributed by atoms with Gasteiger partial charge >= 0.3 is 0 Å². The highest BCUT2D eigenvalue weighted by Gasteiger charge is 2.36. The summed E-state index contributed by atoms with van der Waals surface area (Å²) in [7, 11) is 0. The lowest BCUT2D eigenvalue weighted by atomic mass is 9.62. The third kappa shape index (κ3) is 4.15. The first-order valence-corrected chi connectivity index (χ1v) is 6.78. The molecule has 0 saturated heterocycles. The monoisotopic (exact) mass is 220 g/mol.